The first-order valence-electron chi connectivity index (χ1n) is 10.2. The lowest BCUT2D eigenvalue weighted by molar-refractivity contribution is 0.0963. The molecule has 1 aliphatic rings. The minimum absolute atomic E-state index is 0.114. The van der Waals surface area contributed by atoms with E-state index in [2.05, 4.69) is 25.8 Å². The molecule has 0 atom stereocenters. The lowest BCUT2D eigenvalue weighted by Gasteiger charge is -2.30. The van der Waals surface area contributed by atoms with Gasteiger partial charge in [0, 0.05) is 43.5 Å². The summed E-state index contributed by atoms with van der Waals surface area (Å²) in [7, 11) is 1.59. The Morgan fingerprint density at radius 2 is 1.97 bits per heavy atom. The lowest BCUT2D eigenvalue weighted by Crippen LogP contribution is -2.40. The highest BCUT2D eigenvalue weighted by Crippen LogP contribution is 2.28. The third kappa shape index (κ3) is 4.55. The highest BCUT2D eigenvalue weighted by molar-refractivity contribution is 5.96. The number of aromatic nitrogens is 3. The third-order valence-corrected chi connectivity index (χ3v) is 5.42. The standard InChI is InChI=1S/C22H24N6O3/c1-14-13-16(20(29)23-2)6-7-17(14)25-22(30)28-11-8-15(9-12-28)21-26-19(27-31-21)18-5-3-4-10-24-18/h3-7,10,13,15H,8-9,11-12H2,1-2H3,(H,23,29)(H,25,30). The molecule has 3 heterocycles. The molecule has 1 saturated heterocycles. The van der Waals surface area contributed by atoms with Crippen molar-refractivity contribution in [2.75, 3.05) is 25.5 Å². The molecule has 160 valence electrons. The maximum Gasteiger partial charge on any atom is 0.321 e. The summed E-state index contributed by atoms with van der Waals surface area (Å²) in [5.74, 6) is 1.02. The van der Waals surface area contributed by atoms with Gasteiger partial charge in [-0.15, -0.1) is 0 Å². The number of carbonyl (C=O) groups is 2. The molecular formula is C22H24N6O3. The summed E-state index contributed by atoms with van der Waals surface area (Å²) in [6.45, 7) is 3.05. The monoisotopic (exact) mass is 420 g/mol. The Hall–Kier alpha value is -3.75. The SMILES string of the molecule is CNC(=O)c1ccc(NC(=O)N2CCC(c3nc(-c4ccccn4)no3)CC2)c(C)c1. The Labute approximate surface area is 179 Å². The summed E-state index contributed by atoms with van der Waals surface area (Å²) in [5.41, 5.74) is 2.75. The van der Waals surface area contributed by atoms with Gasteiger partial charge in [-0.05, 0) is 55.7 Å². The van der Waals surface area contributed by atoms with Crippen LogP contribution in [-0.2, 0) is 0 Å². The molecule has 9 nitrogen and oxygen atoms in total. The maximum absolute atomic E-state index is 12.7. The number of carbonyl (C=O) groups excluding carboxylic acids is 2. The zero-order valence-electron chi connectivity index (χ0n) is 17.5. The Morgan fingerprint density at radius 1 is 1.16 bits per heavy atom. The fraction of sp³-hybridized carbons (Fsp3) is 0.318. The quantitative estimate of drug-likeness (QED) is 0.670. The first-order chi connectivity index (χ1) is 15.0. The molecule has 0 unspecified atom stereocenters. The van der Waals surface area contributed by atoms with E-state index >= 15 is 0 Å². The van der Waals surface area contributed by atoms with Crippen LogP contribution in [0, 0.1) is 6.92 Å². The van der Waals surface area contributed by atoms with Gasteiger partial charge in [0.2, 0.25) is 11.7 Å². The smallest absolute Gasteiger partial charge is 0.321 e. The molecule has 2 aromatic heterocycles. The van der Waals surface area contributed by atoms with Gasteiger partial charge in [0.25, 0.3) is 5.91 Å². The van der Waals surface area contributed by atoms with Crippen molar-refractivity contribution in [1.82, 2.24) is 25.3 Å². The average molecular weight is 420 g/mol. The number of anilines is 1. The van der Waals surface area contributed by atoms with Crippen molar-refractivity contribution in [3.8, 4) is 11.5 Å². The van der Waals surface area contributed by atoms with Crippen LogP contribution < -0.4 is 10.6 Å². The van der Waals surface area contributed by atoms with Crippen LogP contribution in [-0.4, -0.2) is 52.1 Å². The molecule has 0 bridgehead atoms. The van der Waals surface area contributed by atoms with Crippen molar-refractivity contribution in [3.05, 3.63) is 59.6 Å². The Kier molecular flexibility index (Phi) is 5.92. The van der Waals surface area contributed by atoms with E-state index in [9.17, 15) is 9.59 Å². The molecule has 0 spiro atoms. The highest BCUT2D eigenvalue weighted by Gasteiger charge is 2.28. The van der Waals surface area contributed by atoms with Gasteiger partial charge >= 0.3 is 6.03 Å². The number of rotatable bonds is 4. The van der Waals surface area contributed by atoms with Gasteiger partial charge in [-0.3, -0.25) is 9.78 Å². The predicted molar refractivity (Wildman–Crippen MR) is 115 cm³/mol. The molecule has 31 heavy (non-hydrogen) atoms. The largest absolute Gasteiger partial charge is 0.355 e. The average Bonchev–Trinajstić information content (AvgIpc) is 3.31. The van der Waals surface area contributed by atoms with E-state index in [0.29, 0.717) is 41.7 Å². The molecule has 1 aliphatic heterocycles. The highest BCUT2D eigenvalue weighted by atomic mass is 16.5. The van der Waals surface area contributed by atoms with E-state index in [1.54, 1.807) is 36.3 Å². The summed E-state index contributed by atoms with van der Waals surface area (Å²) in [6.07, 6.45) is 3.17. The van der Waals surface area contributed by atoms with Crippen LogP contribution in [0.1, 0.15) is 40.6 Å². The number of amides is 3. The predicted octanol–water partition coefficient (Wildman–Crippen LogP) is 3.21. The van der Waals surface area contributed by atoms with Crippen molar-refractivity contribution in [1.29, 1.82) is 0 Å². The second-order valence-corrected chi connectivity index (χ2v) is 7.47. The molecule has 4 rings (SSSR count). The van der Waals surface area contributed by atoms with Crippen molar-refractivity contribution >= 4 is 17.6 Å². The van der Waals surface area contributed by atoms with Crippen LogP contribution in [0.15, 0.2) is 47.1 Å². The van der Waals surface area contributed by atoms with Gasteiger partial charge in [0.15, 0.2) is 0 Å². The number of likely N-dealkylation sites (tertiary alicyclic amines) is 1. The summed E-state index contributed by atoms with van der Waals surface area (Å²) in [6, 6.07) is 10.6. The molecular weight excluding hydrogens is 396 g/mol. The summed E-state index contributed by atoms with van der Waals surface area (Å²) in [4.78, 5) is 35.0. The van der Waals surface area contributed by atoms with Crippen LogP contribution in [0.2, 0.25) is 0 Å². The van der Waals surface area contributed by atoms with Gasteiger partial charge < -0.3 is 20.1 Å². The molecule has 1 fully saturated rings. The van der Waals surface area contributed by atoms with Gasteiger partial charge in [0.1, 0.15) is 5.69 Å². The van der Waals surface area contributed by atoms with Crippen LogP contribution in [0.3, 0.4) is 0 Å². The number of hydrogen-bond acceptors (Lipinski definition) is 6. The van der Waals surface area contributed by atoms with Crippen molar-refractivity contribution in [3.63, 3.8) is 0 Å². The van der Waals surface area contributed by atoms with Gasteiger partial charge in [-0.2, -0.15) is 4.98 Å². The van der Waals surface area contributed by atoms with Crippen molar-refractivity contribution in [2.24, 2.45) is 0 Å². The molecule has 3 aromatic rings. The zero-order valence-corrected chi connectivity index (χ0v) is 17.5. The Bertz CT molecular complexity index is 1070. The van der Waals surface area contributed by atoms with Crippen LogP contribution in [0.5, 0.6) is 0 Å². The second-order valence-electron chi connectivity index (χ2n) is 7.47. The number of nitrogens with zero attached hydrogens (tertiary/aromatic N) is 4. The minimum atomic E-state index is -0.158. The van der Waals surface area contributed by atoms with Crippen LogP contribution >= 0.6 is 0 Å². The molecule has 9 heteroatoms. The summed E-state index contributed by atoms with van der Waals surface area (Å²) >= 11 is 0. The lowest BCUT2D eigenvalue weighted by atomic mass is 9.97. The van der Waals surface area contributed by atoms with E-state index in [1.807, 2.05) is 25.1 Å². The number of nitrogens with one attached hydrogen (secondary N) is 2. The van der Waals surface area contributed by atoms with Crippen molar-refractivity contribution < 1.29 is 14.1 Å². The third-order valence-electron chi connectivity index (χ3n) is 5.42. The number of hydrogen-bond donors (Lipinski definition) is 2. The summed E-state index contributed by atoms with van der Waals surface area (Å²) < 4.78 is 5.45. The minimum Gasteiger partial charge on any atom is -0.355 e. The number of pyridine rings is 1. The maximum atomic E-state index is 12.7. The van der Waals surface area contributed by atoms with Crippen LogP contribution in [0.4, 0.5) is 10.5 Å². The van der Waals surface area contributed by atoms with E-state index < -0.39 is 0 Å². The Morgan fingerprint density at radius 3 is 2.65 bits per heavy atom. The fourth-order valence-corrected chi connectivity index (χ4v) is 3.61. The Balaban J connectivity index is 1.34. The number of benzene rings is 1. The first kappa shape index (κ1) is 20.5. The van der Waals surface area contributed by atoms with Gasteiger partial charge in [-0.1, -0.05) is 11.2 Å². The van der Waals surface area contributed by atoms with E-state index in [0.717, 1.165) is 18.4 Å². The fourth-order valence-electron chi connectivity index (χ4n) is 3.61. The number of urea groups is 1. The number of aryl methyl sites for hydroxylation is 1. The number of piperidine rings is 1. The summed E-state index contributed by atoms with van der Waals surface area (Å²) in [5, 5.41) is 9.57. The van der Waals surface area contributed by atoms with E-state index in [-0.39, 0.29) is 17.9 Å². The second kappa shape index (κ2) is 8.95. The normalized spacial score (nSPS) is 14.3. The molecule has 3 amide bonds. The first-order valence-corrected chi connectivity index (χ1v) is 10.2. The van der Waals surface area contributed by atoms with Gasteiger partial charge in [-0.25, -0.2) is 4.79 Å². The van der Waals surface area contributed by atoms with E-state index in [4.69, 9.17) is 4.52 Å². The zero-order chi connectivity index (χ0) is 21.8. The molecule has 0 radical (unpaired) electrons. The van der Waals surface area contributed by atoms with Crippen molar-refractivity contribution in [2.45, 2.75) is 25.7 Å². The molecule has 0 aliphatic carbocycles. The van der Waals surface area contributed by atoms with Gasteiger partial charge in [0.05, 0.1) is 0 Å². The molecule has 2 N–H and O–H groups in total. The molecule has 1 aromatic carbocycles. The van der Waals surface area contributed by atoms with E-state index in [1.165, 1.54) is 0 Å². The topological polar surface area (TPSA) is 113 Å². The molecule has 0 saturated carbocycles. The van der Waals surface area contributed by atoms with Crippen LogP contribution in [0.25, 0.3) is 11.5 Å².